The molecule has 7 atom stereocenters. The van der Waals surface area contributed by atoms with Gasteiger partial charge in [-0.3, -0.25) is 9.59 Å². The van der Waals surface area contributed by atoms with Gasteiger partial charge in [0.1, 0.15) is 11.9 Å². The van der Waals surface area contributed by atoms with Crippen LogP contribution in [0.1, 0.15) is 72.6 Å². The number of carbonyl (C=O) groups excluding carboxylic acids is 2. The lowest BCUT2D eigenvalue weighted by Crippen LogP contribution is -2.51. The molecule has 0 aromatic heterocycles. The van der Waals surface area contributed by atoms with Crippen molar-refractivity contribution in [1.82, 2.24) is 0 Å². The summed E-state index contributed by atoms with van der Waals surface area (Å²) in [6, 6.07) is 0. The molecule has 4 aliphatic rings. The highest BCUT2D eigenvalue weighted by Crippen LogP contribution is 2.66. The summed E-state index contributed by atoms with van der Waals surface area (Å²) in [7, 11) is 0. The van der Waals surface area contributed by atoms with Gasteiger partial charge in [-0.15, -0.1) is 0 Å². The Kier molecular flexibility index (Phi) is 4.24. The SMILES string of the molecule is CC(=O)O[C@@H](C)[C@H]1CC[C@H]2C3CC=C4OC(=O)CC[C@@]4(C)C3CCC12C. The van der Waals surface area contributed by atoms with E-state index < -0.39 is 0 Å². The fraction of sp³-hybridized carbons (Fsp3) is 0.818. The highest BCUT2D eigenvalue weighted by atomic mass is 16.5. The molecule has 144 valence electrons. The average molecular weight is 360 g/mol. The van der Waals surface area contributed by atoms with Crippen LogP contribution in [0.4, 0.5) is 0 Å². The third-order valence-corrected chi connectivity index (χ3v) is 8.46. The van der Waals surface area contributed by atoms with Crippen LogP contribution < -0.4 is 0 Å². The summed E-state index contributed by atoms with van der Waals surface area (Å²) in [5.74, 6) is 3.12. The Labute approximate surface area is 156 Å². The maximum Gasteiger partial charge on any atom is 0.310 e. The Balaban J connectivity index is 1.60. The van der Waals surface area contributed by atoms with Gasteiger partial charge in [0.2, 0.25) is 0 Å². The van der Waals surface area contributed by atoms with Gasteiger partial charge in [-0.1, -0.05) is 13.8 Å². The molecule has 26 heavy (non-hydrogen) atoms. The molecule has 4 heteroatoms. The first-order valence-corrected chi connectivity index (χ1v) is 10.3. The van der Waals surface area contributed by atoms with Crippen molar-refractivity contribution in [2.24, 2.45) is 34.5 Å². The van der Waals surface area contributed by atoms with Crippen molar-refractivity contribution in [2.75, 3.05) is 0 Å². The summed E-state index contributed by atoms with van der Waals surface area (Å²) in [6.45, 7) is 8.35. The molecule has 0 aromatic rings. The van der Waals surface area contributed by atoms with E-state index in [0.717, 1.165) is 25.0 Å². The minimum absolute atomic E-state index is 0.0000317. The molecule has 2 saturated carbocycles. The molecule has 0 amide bonds. The Morgan fingerprint density at radius 3 is 2.73 bits per heavy atom. The molecular weight excluding hydrogens is 328 g/mol. The van der Waals surface area contributed by atoms with Crippen molar-refractivity contribution < 1.29 is 19.1 Å². The van der Waals surface area contributed by atoms with Gasteiger partial charge in [-0.25, -0.2) is 0 Å². The van der Waals surface area contributed by atoms with Crippen LogP contribution in [0.2, 0.25) is 0 Å². The van der Waals surface area contributed by atoms with E-state index in [-0.39, 0.29) is 28.9 Å². The summed E-state index contributed by atoms with van der Waals surface area (Å²) in [6.07, 6.45) is 9.47. The van der Waals surface area contributed by atoms with Crippen LogP contribution in [0, 0.1) is 34.5 Å². The van der Waals surface area contributed by atoms with E-state index in [9.17, 15) is 9.59 Å². The van der Waals surface area contributed by atoms with Crippen LogP contribution in [0.5, 0.6) is 0 Å². The lowest BCUT2D eigenvalue weighted by Gasteiger charge is -2.56. The van der Waals surface area contributed by atoms with Gasteiger partial charge in [0.05, 0.1) is 0 Å². The molecule has 0 N–H and O–H groups in total. The lowest BCUT2D eigenvalue weighted by molar-refractivity contribution is -0.156. The number of fused-ring (bicyclic) bond motifs is 5. The molecule has 4 nitrogen and oxygen atoms in total. The third-order valence-electron chi connectivity index (χ3n) is 8.46. The Bertz CT molecular complexity index is 653. The summed E-state index contributed by atoms with van der Waals surface area (Å²) >= 11 is 0. The van der Waals surface area contributed by atoms with E-state index in [4.69, 9.17) is 9.47 Å². The van der Waals surface area contributed by atoms with Crippen molar-refractivity contribution in [3.63, 3.8) is 0 Å². The number of hydrogen-bond donors (Lipinski definition) is 0. The molecule has 0 radical (unpaired) electrons. The predicted octanol–water partition coefficient (Wildman–Crippen LogP) is 4.63. The van der Waals surface area contributed by atoms with E-state index >= 15 is 0 Å². The van der Waals surface area contributed by atoms with E-state index in [1.165, 1.54) is 26.2 Å². The van der Waals surface area contributed by atoms with Gasteiger partial charge in [0.15, 0.2) is 0 Å². The highest BCUT2D eigenvalue weighted by molar-refractivity contribution is 5.72. The van der Waals surface area contributed by atoms with Crippen molar-refractivity contribution in [2.45, 2.75) is 78.7 Å². The largest absolute Gasteiger partial charge is 0.463 e. The lowest BCUT2D eigenvalue weighted by atomic mass is 9.49. The van der Waals surface area contributed by atoms with Crippen LogP contribution in [-0.2, 0) is 19.1 Å². The van der Waals surface area contributed by atoms with Crippen LogP contribution >= 0.6 is 0 Å². The number of hydrogen-bond acceptors (Lipinski definition) is 4. The molecule has 4 rings (SSSR count). The fourth-order valence-corrected chi connectivity index (χ4v) is 7.22. The zero-order chi connectivity index (χ0) is 18.7. The number of ether oxygens (including phenoxy) is 2. The Hall–Kier alpha value is -1.32. The zero-order valence-electron chi connectivity index (χ0n) is 16.5. The highest BCUT2D eigenvalue weighted by Gasteiger charge is 2.60. The predicted molar refractivity (Wildman–Crippen MR) is 97.9 cm³/mol. The van der Waals surface area contributed by atoms with Crippen LogP contribution in [0.15, 0.2) is 11.8 Å². The van der Waals surface area contributed by atoms with Crippen molar-refractivity contribution in [3.05, 3.63) is 11.8 Å². The molecule has 1 heterocycles. The van der Waals surface area contributed by atoms with E-state index in [1.807, 2.05) is 0 Å². The van der Waals surface area contributed by atoms with Gasteiger partial charge in [0.25, 0.3) is 0 Å². The number of rotatable bonds is 2. The third kappa shape index (κ3) is 2.55. The van der Waals surface area contributed by atoms with Crippen molar-refractivity contribution in [3.8, 4) is 0 Å². The van der Waals surface area contributed by atoms with Crippen LogP contribution in [0.25, 0.3) is 0 Å². The molecular formula is C22H32O4. The monoisotopic (exact) mass is 360 g/mol. The molecule has 0 aromatic carbocycles. The first-order valence-electron chi connectivity index (χ1n) is 10.3. The second-order valence-corrected chi connectivity index (χ2v) is 9.62. The molecule has 1 saturated heterocycles. The molecule has 0 bridgehead atoms. The smallest absolute Gasteiger partial charge is 0.310 e. The minimum atomic E-state index is -0.167. The summed E-state index contributed by atoms with van der Waals surface area (Å²) in [5.41, 5.74) is 0.279. The van der Waals surface area contributed by atoms with Crippen molar-refractivity contribution in [1.29, 1.82) is 0 Å². The van der Waals surface area contributed by atoms with Crippen LogP contribution in [-0.4, -0.2) is 18.0 Å². The van der Waals surface area contributed by atoms with Gasteiger partial charge in [0, 0.05) is 24.7 Å². The quantitative estimate of drug-likeness (QED) is 0.674. The molecule has 3 aliphatic carbocycles. The maximum atomic E-state index is 11.8. The maximum absolute atomic E-state index is 11.8. The van der Waals surface area contributed by atoms with Gasteiger partial charge >= 0.3 is 11.9 Å². The second kappa shape index (κ2) is 6.10. The standard InChI is InChI=1S/C22H32O4/c1-13(25-14(2)23)16-6-7-17-15-5-8-19-22(4,12-10-20(24)26-19)18(15)9-11-21(16,17)3/h8,13,15-18H,5-7,9-12H2,1-4H3/t13-,15?,16+,17-,18?,21?,22-/m0/s1. The first-order chi connectivity index (χ1) is 12.3. The Morgan fingerprint density at radius 2 is 2.00 bits per heavy atom. The van der Waals surface area contributed by atoms with Crippen LogP contribution in [0.3, 0.4) is 0 Å². The van der Waals surface area contributed by atoms with Crippen molar-refractivity contribution >= 4 is 11.9 Å². The van der Waals surface area contributed by atoms with Gasteiger partial charge < -0.3 is 9.47 Å². The zero-order valence-corrected chi connectivity index (χ0v) is 16.5. The topological polar surface area (TPSA) is 52.6 Å². The average Bonchev–Trinajstić information content (AvgIpc) is 2.92. The van der Waals surface area contributed by atoms with E-state index in [2.05, 4.69) is 26.8 Å². The second-order valence-electron chi connectivity index (χ2n) is 9.62. The first kappa shape index (κ1) is 18.1. The minimum Gasteiger partial charge on any atom is -0.463 e. The van der Waals surface area contributed by atoms with Gasteiger partial charge in [-0.05, 0) is 74.7 Å². The summed E-state index contributed by atoms with van der Waals surface area (Å²) in [5, 5.41) is 0. The summed E-state index contributed by atoms with van der Waals surface area (Å²) in [4.78, 5) is 23.2. The number of allylic oxidation sites excluding steroid dienone is 2. The fourth-order valence-electron chi connectivity index (χ4n) is 7.22. The Morgan fingerprint density at radius 1 is 1.23 bits per heavy atom. The molecule has 3 unspecified atom stereocenters. The molecule has 1 aliphatic heterocycles. The number of esters is 2. The normalized spacial score (nSPS) is 45.5. The van der Waals surface area contributed by atoms with E-state index in [0.29, 0.717) is 30.1 Å². The summed E-state index contributed by atoms with van der Waals surface area (Å²) < 4.78 is 11.2. The molecule has 3 fully saturated rings. The number of carbonyl (C=O) groups is 2. The van der Waals surface area contributed by atoms with Gasteiger partial charge in [-0.2, -0.15) is 0 Å². The molecule has 0 spiro atoms. The van der Waals surface area contributed by atoms with E-state index in [1.54, 1.807) is 0 Å².